The van der Waals surface area contributed by atoms with Crippen LogP contribution in [0.3, 0.4) is 0 Å². The van der Waals surface area contributed by atoms with Crippen LogP contribution in [-0.4, -0.2) is 53.9 Å². The second kappa shape index (κ2) is 10.1. The maximum absolute atomic E-state index is 12.2. The summed E-state index contributed by atoms with van der Waals surface area (Å²) in [6.45, 7) is 2.30. The van der Waals surface area contributed by atoms with Crippen molar-refractivity contribution >= 4 is 29.0 Å². The lowest BCUT2D eigenvalue weighted by molar-refractivity contribution is -0.384. The van der Waals surface area contributed by atoms with Gasteiger partial charge in [-0.1, -0.05) is 0 Å². The summed E-state index contributed by atoms with van der Waals surface area (Å²) in [7, 11) is 3.12. The average molecular weight is 401 g/mol. The molecular weight excluding hydrogens is 378 g/mol. The monoisotopic (exact) mass is 401 g/mol. The first-order valence-electron chi connectivity index (χ1n) is 8.82. The maximum Gasteiger partial charge on any atom is 0.271 e. The molecule has 0 fully saturated rings. The number of rotatable bonds is 9. The van der Waals surface area contributed by atoms with Crippen molar-refractivity contribution in [2.75, 3.05) is 37.9 Å². The lowest BCUT2D eigenvalue weighted by Crippen LogP contribution is -2.32. The van der Waals surface area contributed by atoms with E-state index in [9.17, 15) is 19.7 Å². The molecule has 0 radical (unpaired) electrons. The van der Waals surface area contributed by atoms with Crippen LogP contribution in [0.2, 0.25) is 0 Å². The number of methoxy groups -OCH3 is 1. The molecule has 0 spiro atoms. The Bertz CT molecular complexity index is 902. The minimum atomic E-state index is -0.551. The highest BCUT2D eigenvalue weighted by atomic mass is 16.6. The Morgan fingerprint density at radius 2 is 1.97 bits per heavy atom. The average Bonchev–Trinajstić information content (AvgIpc) is 2.66. The molecule has 2 N–H and O–H groups in total. The zero-order valence-electron chi connectivity index (χ0n) is 16.5. The molecule has 1 aromatic carbocycles. The number of ether oxygens (including phenoxy) is 1. The molecule has 2 aromatic rings. The van der Waals surface area contributed by atoms with E-state index in [2.05, 4.69) is 15.6 Å². The number of amides is 2. The molecule has 0 atom stereocenters. The Morgan fingerprint density at radius 1 is 1.21 bits per heavy atom. The molecule has 0 aliphatic carbocycles. The van der Waals surface area contributed by atoms with Gasteiger partial charge < -0.3 is 15.4 Å². The minimum Gasteiger partial charge on any atom is -0.495 e. The SMILES string of the molecule is COc1ccc([N+](=O)[O-])cc1NC(=O)CCN(C)CC(=O)Nc1cc(C)ccn1. The quantitative estimate of drug-likeness (QED) is 0.487. The van der Waals surface area contributed by atoms with Crippen LogP contribution in [0.4, 0.5) is 17.2 Å². The highest BCUT2D eigenvalue weighted by Gasteiger charge is 2.15. The number of non-ortho nitro benzene ring substituents is 1. The lowest BCUT2D eigenvalue weighted by atomic mass is 10.2. The largest absolute Gasteiger partial charge is 0.495 e. The molecule has 10 heteroatoms. The summed E-state index contributed by atoms with van der Waals surface area (Å²) < 4.78 is 5.12. The Labute approximate surface area is 168 Å². The number of nitrogens with zero attached hydrogens (tertiary/aromatic N) is 3. The maximum atomic E-state index is 12.2. The van der Waals surface area contributed by atoms with Gasteiger partial charge in [0.25, 0.3) is 5.69 Å². The zero-order chi connectivity index (χ0) is 21.4. The number of nitro groups is 1. The van der Waals surface area contributed by atoms with Crippen molar-refractivity contribution in [2.45, 2.75) is 13.3 Å². The summed E-state index contributed by atoms with van der Waals surface area (Å²) in [6.07, 6.45) is 1.71. The van der Waals surface area contributed by atoms with E-state index in [1.165, 1.54) is 25.3 Å². The molecule has 2 amide bonds. The molecular formula is C19H23N5O5. The number of pyridine rings is 1. The molecule has 0 unspecified atom stereocenters. The van der Waals surface area contributed by atoms with E-state index in [0.717, 1.165) is 5.56 Å². The summed E-state index contributed by atoms with van der Waals surface area (Å²) in [5, 5.41) is 16.2. The molecule has 2 rings (SSSR count). The van der Waals surface area contributed by atoms with E-state index in [0.29, 0.717) is 18.1 Å². The number of nitro benzene ring substituents is 1. The molecule has 1 heterocycles. The number of hydrogen-bond acceptors (Lipinski definition) is 7. The number of carbonyl (C=O) groups is 2. The second-order valence-electron chi connectivity index (χ2n) is 6.44. The third kappa shape index (κ3) is 6.85. The second-order valence-corrected chi connectivity index (χ2v) is 6.44. The Hall–Kier alpha value is -3.53. The van der Waals surface area contributed by atoms with Gasteiger partial charge in [-0.3, -0.25) is 24.6 Å². The van der Waals surface area contributed by atoms with Crippen LogP contribution >= 0.6 is 0 Å². The molecule has 0 saturated carbocycles. The summed E-state index contributed by atoms with van der Waals surface area (Å²) in [5.74, 6) is 0.198. The first kappa shape index (κ1) is 21.8. The van der Waals surface area contributed by atoms with Crippen LogP contribution in [0, 0.1) is 17.0 Å². The van der Waals surface area contributed by atoms with Crippen LogP contribution in [0.5, 0.6) is 5.75 Å². The van der Waals surface area contributed by atoms with Gasteiger partial charge >= 0.3 is 0 Å². The fourth-order valence-electron chi connectivity index (χ4n) is 2.52. The Morgan fingerprint density at radius 3 is 2.62 bits per heavy atom. The Balaban J connectivity index is 1.84. The summed E-state index contributed by atoms with van der Waals surface area (Å²) in [4.78, 5) is 40.4. The van der Waals surface area contributed by atoms with Gasteiger partial charge in [0.15, 0.2) is 0 Å². The van der Waals surface area contributed by atoms with E-state index < -0.39 is 4.92 Å². The summed E-state index contributed by atoms with van der Waals surface area (Å²) in [5.41, 5.74) is 1.05. The van der Waals surface area contributed by atoms with Gasteiger partial charge in [0.1, 0.15) is 11.6 Å². The molecule has 0 aliphatic heterocycles. The molecule has 10 nitrogen and oxygen atoms in total. The molecule has 154 valence electrons. The number of aryl methyl sites for hydroxylation is 1. The van der Waals surface area contributed by atoms with E-state index in [1.54, 1.807) is 24.2 Å². The minimum absolute atomic E-state index is 0.0863. The highest BCUT2D eigenvalue weighted by Crippen LogP contribution is 2.28. The third-order valence-electron chi connectivity index (χ3n) is 3.99. The number of benzene rings is 1. The van der Waals surface area contributed by atoms with E-state index in [4.69, 9.17) is 4.74 Å². The normalized spacial score (nSPS) is 10.5. The topological polar surface area (TPSA) is 127 Å². The van der Waals surface area contributed by atoms with Crippen LogP contribution in [0.25, 0.3) is 0 Å². The van der Waals surface area contributed by atoms with Crippen LogP contribution in [0.15, 0.2) is 36.5 Å². The number of anilines is 2. The zero-order valence-corrected chi connectivity index (χ0v) is 16.5. The first-order chi connectivity index (χ1) is 13.8. The van der Waals surface area contributed by atoms with Gasteiger partial charge in [0.05, 0.1) is 24.3 Å². The van der Waals surface area contributed by atoms with Crippen molar-refractivity contribution in [1.82, 2.24) is 9.88 Å². The van der Waals surface area contributed by atoms with Gasteiger partial charge in [-0.2, -0.15) is 0 Å². The number of carbonyl (C=O) groups excluding carboxylic acids is 2. The van der Waals surface area contributed by atoms with Gasteiger partial charge in [-0.15, -0.1) is 0 Å². The molecule has 0 saturated heterocycles. The molecule has 0 aliphatic rings. The van der Waals surface area contributed by atoms with Gasteiger partial charge in [0.2, 0.25) is 11.8 Å². The standard InChI is InChI=1S/C19H23N5O5/c1-13-6-8-20-17(10-13)22-19(26)12-23(2)9-7-18(25)21-15-11-14(24(27)28)4-5-16(15)29-3/h4-6,8,10-11H,7,9,12H2,1-3H3,(H,21,25)(H,20,22,26). The van der Waals surface area contributed by atoms with Crippen molar-refractivity contribution in [2.24, 2.45) is 0 Å². The predicted octanol–water partition coefficient (Wildman–Crippen LogP) is 2.21. The molecule has 1 aromatic heterocycles. The van der Waals surface area contributed by atoms with Gasteiger partial charge in [-0.05, 0) is 37.7 Å². The summed E-state index contributed by atoms with van der Waals surface area (Å²) in [6, 6.07) is 7.55. The van der Waals surface area contributed by atoms with E-state index >= 15 is 0 Å². The van der Waals surface area contributed by atoms with E-state index in [-0.39, 0.29) is 36.2 Å². The fourth-order valence-corrected chi connectivity index (χ4v) is 2.52. The number of hydrogen-bond donors (Lipinski definition) is 2. The van der Waals surface area contributed by atoms with Crippen LogP contribution in [-0.2, 0) is 9.59 Å². The fraction of sp³-hybridized carbons (Fsp3) is 0.316. The smallest absolute Gasteiger partial charge is 0.271 e. The Kier molecular flexibility index (Phi) is 7.61. The highest BCUT2D eigenvalue weighted by molar-refractivity contribution is 5.93. The first-order valence-corrected chi connectivity index (χ1v) is 8.82. The number of aromatic nitrogens is 1. The molecule has 0 bridgehead atoms. The van der Waals surface area contributed by atoms with Crippen molar-refractivity contribution < 1.29 is 19.2 Å². The van der Waals surface area contributed by atoms with Crippen molar-refractivity contribution in [3.63, 3.8) is 0 Å². The van der Waals surface area contributed by atoms with Crippen LogP contribution in [0.1, 0.15) is 12.0 Å². The lowest BCUT2D eigenvalue weighted by Gasteiger charge is -2.16. The van der Waals surface area contributed by atoms with Crippen molar-refractivity contribution in [3.05, 3.63) is 52.2 Å². The van der Waals surface area contributed by atoms with Crippen LogP contribution < -0.4 is 15.4 Å². The van der Waals surface area contributed by atoms with E-state index in [1.807, 2.05) is 13.0 Å². The third-order valence-corrected chi connectivity index (χ3v) is 3.99. The number of likely N-dealkylation sites (N-methyl/N-ethyl adjacent to an activating group) is 1. The van der Waals surface area contributed by atoms with Gasteiger partial charge in [-0.25, -0.2) is 4.98 Å². The van der Waals surface area contributed by atoms with Crippen molar-refractivity contribution in [1.29, 1.82) is 0 Å². The summed E-state index contributed by atoms with van der Waals surface area (Å²) >= 11 is 0. The van der Waals surface area contributed by atoms with Gasteiger partial charge in [0, 0.05) is 31.3 Å². The predicted molar refractivity (Wildman–Crippen MR) is 108 cm³/mol. The molecule has 29 heavy (non-hydrogen) atoms. The number of nitrogens with one attached hydrogen (secondary N) is 2. The van der Waals surface area contributed by atoms with Crippen molar-refractivity contribution in [3.8, 4) is 5.75 Å².